The molecule has 5 heteroatoms. The van der Waals surface area contributed by atoms with E-state index in [0.717, 1.165) is 42.9 Å². The Hall–Kier alpha value is -1.91. The molecule has 1 aliphatic carbocycles. The molecule has 126 valence electrons. The molecular formula is C18H26N2O3. The van der Waals surface area contributed by atoms with E-state index in [2.05, 4.69) is 16.8 Å². The van der Waals surface area contributed by atoms with Crippen LogP contribution in [0.1, 0.15) is 43.6 Å². The van der Waals surface area contributed by atoms with Gasteiger partial charge in [0.2, 0.25) is 5.91 Å². The van der Waals surface area contributed by atoms with Gasteiger partial charge in [-0.05, 0) is 55.7 Å². The van der Waals surface area contributed by atoms with Crippen molar-refractivity contribution in [2.75, 3.05) is 13.1 Å². The smallest absolute Gasteiger partial charge is 0.300 e. The number of nitrogens with zero attached hydrogens (tertiary/aromatic N) is 2. The Morgan fingerprint density at radius 1 is 1.35 bits per heavy atom. The highest BCUT2D eigenvalue weighted by Gasteiger charge is 2.59. The maximum atomic E-state index is 12.4. The number of carboxylic acid groups (broad SMARTS) is 1. The second-order valence-electron chi connectivity index (χ2n) is 6.85. The molecule has 1 aliphatic heterocycles. The fourth-order valence-electron chi connectivity index (χ4n) is 3.64. The van der Waals surface area contributed by atoms with E-state index in [1.165, 1.54) is 12.8 Å². The summed E-state index contributed by atoms with van der Waals surface area (Å²) in [5.41, 5.74) is 3.58. The first-order valence-electron chi connectivity index (χ1n) is 8.17. The molecule has 1 aromatic rings. The maximum Gasteiger partial charge on any atom is 0.300 e. The summed E-state index contributed by atoms with van der Waals surface area (Å²) in [5.74, 6) is 0.229. The van der Waals surface area contributed by atoms with E-state index in [-0.39, 0.29) is 5.91 Å². The molecule has 1 amide bonds. The highest BCUT2D eigenvalue weighted by Crippen LogP contribution is 2.59. The first kappa shape index (κ1) is 17.4. The average molecular weight is 318 g/mol. The van der Waals surface area contributed by atoms with E-state index < -0.39 is 5.97 Å². The van der Waals surface area contributed by atoms with Gasteiger partial charge in [-0.15, -0.1) is 0 Å². The van der Waals surface area contributed by atoms with Gasteiger partial charge in [-0.3, -0.25) is 14.6 Å². The minimum Gasteiger partial charge on any atom is -0.481 e. The largest absolute Gasteiger partial charge is 0.481 e. The minimum atomic E-state index is -0.833. The van der Waals surface area contributed by atoms with Crippen LogP contribution in [-0.4, -0.2) is 40.0 Å². The maximum absolute atomic E-state index is 12.4. The summed E-state index contributed by atoms with van der Waals surface area (Å²) in [6.07, 6.45) is 3.08. The molecule has 2 heterocycles. The SMILES string of the molecule is CC(=O)O.CCC12CC1CN(C(=O)Cc1cc(C)nc(C)c1)C2. The van der Waals surface area contributed by atoms with Crippen molar-refractivity contribution in [2.24, 2.45) is 11.3 Å². The van der Waals surface area contributed by atoms with Crippen molar-refractivity contribution in [3.8, 4) is 0 Å². The van der Waals surface area contributed by atoms with Crippen LogP contribution in [0.3, 0.4) is 0 Å². The number of carbonyl (C=O) groups is 2. The number of fused-ring (bicyclic) bond motifs is 1. The summed E-state index contributed by atoms with van der Waals surface area (Å²) in [6, 6.07) is 4.05. The Morgan fingerprint density at radius 3 is 2.39 bits per heavy atom. The van der Waals surface area contributed by atoms with Crippen LogP contribution in [0.5, 0.6) is 0 Å². The van der Waals surface area contributed by atoms with Crippen molar-refractivity contribution in [1.82, 2.24) is 9.88 Å². The van der Waals surface area contributed by atoms with Gasteiger partial charge in [0.15, 0.2) is 0 Å². The summed E-state index contributed by atoms with van der Waals surface area (Å²) in [4.78, 5) is 27.8. The molecule has 0 radical (unpaired) electrons. The van der Waals surface area contributed by atoms with Gasteiger partial charge in [0.25, 0.3) is 5.97 Å². The lowest BCUT2D eigenvalue weighted by molar-refractivity contribution is -0.134. The van der Waals surface area contributed by atoms with Gasteiger partial charge in [-0.25, -0.2) is 0 Å². The number of aromatic nitrogens is 1. The normalized spacial score (nSPS) is 24.5. The minimum absolute atomic E-state index is 0.282. The number of amides is 1. The van der Waals surface area contributed by atoms with E-state index in [4.69, 9.17) is 9.90 Å². The Labute approximate surface area is 137 Å². The van der Waals surface area contributed by atoms with Crippen molar-refractivity contribution >= 4 is 11.9 Å². The summed E-state index contributed by atoms with van der Waals surface area (Å²) >= 11 is 0. The lowest BCUT2D eigenvalue weighted by Gasteiger charge is -2.20. The number of likely N-dealkylation sites (tertiary alicyclic amines) is 1. The predicted molar refractivity (Wildman–Crippen MR) is 88.1 cm³/mol. The molecule has 2 fully saturated rings. The van der Waals surface area contributed by atoms with Crippen LogP contribution in [0, 0.1) is 25.2 Å². The summed E-state index contributed by atoms with van der Waals surface area (Å²) in [6.45, 7) is 9.27. The fourth-order valence-corrected chi connectivity index (χ4v) is 3.64. The monoisotopic (exact) mass is 318 g/mol. The zero-order valence-electron chi connectivity index (χ0n) is 14.4. The molecule has 1 saturated carbocycles. The van der Waals surface area contributed by atoms with Crippen LogP contribution in [0.15, 0.2) is 12.1 Å². The number of aryl methyl sites for hydroxylation is 2. The van der Waals surface area contributed by atoms with E-state index >= 15 is 0 Å². The van der Waals surface area contributed by atoms with Crippen LogP contribution >= 0.6 is 0 Å². The van der Waals surface area contributed by atoms with Crippen molar-refractivity contribution in [2.45, 2.75) is 47.0 Å². The molecule has 0 aromatic carbocycles. The van der Waals surface area contributed by atoms with Gasteiger partial charge in [-0.1, -0.05) is 6.92 Å². The summed E-state index contributed by atoms with van der Waals surface area (Å²) in [7, 11) is 0. The molecule has 2 aliphatic rings. The van der Waals surface area contributed by atoms with Crippen molar-refractivity contribution in [3.05, 3.63) is 29.1 Å². The third kappa shape index (κ3) is 4.30. The van der Waals surface area contributed by atoms with E-state index in [1.54, 1.807) is 0 Å². The Morgan fingerprint density at radius 2 is 1.91 bits per heavy atom. The standard InChI is InChI=1S/C16H22N2O.C2H4O2/c1-4-16-8-14(16)9-18(10-16)15(19)7-13-5-11(2)17-12(3)6-13;1-2(3)4/h5-6,14H,4,7-10H2,1-3H3;1H3,(H,3,4). The second-order valence-corrected chi connectivity index (χ2v) is 6.85. The van der Waals surface area contributed by atoms with Gasteiger partial charge < -0.3 is 10.0 Å². The summed E-state index contributed by atoms with van der Waals surface area (Å²) < 4.78 is 0. The van der Waals surface area contributed by atoms with E-state index in [0.29, 0.717) is 11.8 Å². The molecule has 23 heavy (non-hydrogen) atoms. The van der Waals surface area contributed by atoms with Crippen LogP contribution in [0.25, 0.3) is 0 Å². The number of hydrogen-bond donors (Lipinski definition) is 1. The molecule has 2 unspecified atom stereocenters. The van der Waals surface area contributed by atoms with Gasteiger partial charge in [-0.2, -0.15) is 0 Å². The number of aliphatic carboxylic acids is 1. The molecule has 3 rings (SSSR count). The third-order valence-corrected chi connectivity index (χ3v) is 4.86. The molecule has 1 saturated heterocycles. The highest BCUT2D eigenvalue weighted by atomic mass is 16.4. The lowest BCUT2D eigenvalue weighted by atomic mass is 10.0. The Bertz CT molecular complexity index is 586. The third-order valence-electron chi connectivity index (χ3n) is 4.86. The number of piperidine rings is 1. The highest BCUT2D eigenvalue weighted by molar-refractivity contribution is 5.79. The van der Waals surface area contributed by atoms with Gasteiger partial charge in [0.1, 0.15) is 0 Å². The molecule has 0 spiro atoms. The zero-order chi connectivity index (χ0) is 17.2. The van der Waals surface area contributed by atoms with Crippen molar-refractivity contribution in [3.63, 3.8) is 0 Å². The lowest BCUT2D eigenvalue weighted by Crippen LogP contribution is -2.33. The van der Waals surface area contributed by atoms with E-state index in [9.17, 15) is 4.79 Å². The van der Waals surface area contributed by atoms with Gasteiger partial charge >= 0.3 is 0 Å². The fraction of sp³-hybridized carbons (Fsp3) is 0.611. The van der Waals surface area contributed by atoms with Crippen molar-refractivity contribution in [1.29, 1.82) is 0 Å². The Balaban J connectivity index is 0.000000433. The predicted octanol–water partition coefficient (Wildman–Crippen LogP) is 2.59. The molecule has 1 N–H and O–H groups in total. The van der Waals surface area contributed by atoms with Crippen LogP contribution in [0.2, 0.25) is 0 Å². The van der Waals surface area contributed by atoms with E-state index in [1.807, 2.05) is 26.0 Å². The first-order chi connectivity index (χ1) is 10.8. The second kappa shape index (κ2) is 6.69. The number of carboxylic acids is 1. The van der Waals surface area contributed by atoms with Crippen molar-refractivity contribution < 1.29 is 14.7 Å². The number of carbonyl (C=O) groups excluding carboxylic acids is 1. The van der Waals surface area contributed by atoms with Crippen LogP contribution < -0.4 is 0 Å². The van der Waals surface area contributed by atoms with Gasteiger partial charge in [0.05, 0.1) is 6.42 Å². The van der Waals surface area contributed by atoms with Crippen LogP contribution in [0.4, 0.5) is 0 Å². The zero-order valence-corrected chi connectivity index (χ0v) is 14.4. The Kier molecular flexibility index (Phi) is 5.07. The number of rotatable bonds is 3. The quantitative estimate of drug-likeness (QED) is 0.930. The molecule has 5 nitrogen and oxygen atoms in total. The van der Waals surface area contributed by atoms with Gasteiger partial charge in [0, 0.05) is 31.4 Å². The molecule has 2 atom stereocenters. The number of hydrogen-bond acceptors (Lipinski definition) is 3. The first-order valence-corrected chi connectivity index (χ1v) is 8.17. The molecule has 1 aromatic heterocycles. The molecule has 0 bridgehead atoms. The number of pyridine rings is 1. The topological polar surface area (TPSA) is 70.5 Å². The molecular weight excluding hydrogens is 292 g/mol. The average Bonchev–Trinajstić information content (AvgIpc) is 2.98. The summed E-state index contributed by atoms with van der Waals surface area (Å²) in [5, 5.41) is 7.42. The van der Waals surface area contributed by atoms with Crippen LogP contribution in [-0.2, 0) is 16.0 Å².